The van der Waals surface area contributed by atoms with E-state index < -0.39 is 10.1 Å². The van der Waals surface area contributed by atoms with Gasteiger partial charge < -0.3 is 0 Å². The SMILES string of the molecule is CC(=O)CNNN=Nc1ccccc1S(=O)(=O)O. The number of hydrogen-bond donors (Lipinski definition) is 3. The van der Waals surface area contributed by atoms with Crippen molar-refractivity contribution in [3.05, 3.63) is 24.3 Å². The number of nitrogens with zero attached hydrogens (tertiary/aromatic N) is 2. The number of Topliss-reactive ketones (excluding diaryl/α,β-unsaturated/α-hetero) is 1. The van der Waals surface area contributed by atoms with Crippen molar-refractivity contribution in [1.82, 2.24) is 11.0 Å². The van der Waals surface area contributed by atoms with Crippen LogP contribution in [-0.4, -0.2) is 25.3 Å². The summed E-state index contributed by atoms with van der Waals surface area (Å²) in [5.74, 6) is -0.101. The molecule has 0 fully saturated rings. The number of nitrogens with one attached hydrogen (secondary N) is 2. The van der Waals surface area contributed by atoms with E-state index in [-0.39, 0.29) is 22.9 Å². The highest BCUT2D eigenvalue weighted by Gasteiger charge is 2.14. The third-order valence-corrected chi connectivity index (χ3v) is 2.67. The first-order chi connectivity index (χ1) is 8.41. The minimum Gasteiger partial charge on any atom is -0.299 e. The summed E-state index contributed by atoms with van der Waals surface area (Å²) in [7, 11) is -4.35. The Bertz CT molecular complexity index is 555. The molecular formula is C9H12N4O4S. The van der Waals surface area contributed by atoms with Crippen LogP contribution < -0.4 is 11.0 Å². The number of carbonyl (C=O) groups is 1. The lowest BCUT2D eigenvalue weighted by Crippen LogP contribution is -2.30. The fourth-order valence-corrected chi connectivity index (χ4v) is 1.66. The molecule has 1 aromatic rings. The van der Waals surface area contributed by atoms with Gasteiger partial charge in [-0.15, -0.1) is 5.11 Å². The molecule has 98 valence electrons. The molecule has 3 N–H and O–H groups in total. The van der Waals surface area contributed by atoms with Crippen LogP contribution in [0.4, 0.5) is 5.69 Å². The van der Waals surface area contributed by atoms with Crippen LogP contribution in [0.5, 0.6) is 0 Å². The van der Waals surface area contributed by atoms with E-state index in [4.69, 9.17) is 4.55 Å². The van der Waals surface area contributed by atoms with E-state index in [1.54, 1.807) is 6.07 Å². The zero-order valence-corrected chi connectivity index (χ0v) is 10.3. The number of ketones is 1. The van der Waals surface area contributed by atoms with Crippen molar-refractivity contribution in [1.29, 1.82) is 0 Å². The fraction of sp³-hybridized carbons (Fsp3) is 0.222. The van der Waals surface area contributed by atoms with Gasteiger partial charge >= 0.3 is 0 Å². The summed E-state index contributed by atoms with van der Waals surface area (Å²) in [4.78, 5) is 10.2. The molecule has 0 heterocycles. The Morgan fingerprint density at radius 2 is 2.06 bits per heavy atom. The first-order valence-corrected chi connectivity index (χ1v) is 6.30. The smallest absolute Gasteiger partial charge is 0.296 e. The largest absolute Gasteiger partial charge is 0.299 e. The van der Waals surface area contributed by atoms with Gasteiger partial charge in [0, 0.05) is 0 Å². The summed E-state index contributed by atoms with van der Waals surface area (Å²) >= 11 is 0. The van der Waals surface area contributed by atoms with Crippen LogP contribution in [-0.2, 0) is 14.9 Å². The molecule has 1 aromatic carbocycles. The maximum absolute atomic E-state index is 11.0. The van der Waals surface area contributed by atoms with Crippen molar-refractivity contribution < 1.29 is 17.8 Å². The van der Waals surface area contributed by atoms with Gasteiger partial charge in [0.15, 0.2) is 0 Å². The predicted molar refractivity (Wildman–Crippen MR) is 62.6 cm³/mol. The Morgan fingerprint density at radius 3 is 2.67 bits per heavy atom. The highest BCUT2D eigenvalue weighted by molar-refractivity contribution is 7.86. The lowest BCUT2D eigenvalue weighted by molar-refractivity contribution is -0.116. The quantitative estimate of drug-likeness (QED) is 0.302. The molecule has 0 spiro atoms. The van der Waals surface area contributed by atoms with Gasteiger partial charge in [0.05, 0.1) is 6.54 Å². The molecule has 9 heteroatoms. The van der Waals surface area contributed by atoms with Gasteiger partial charge in [-0.25, -0.2) is 11.0 Å². The molecule has 8 nitrogen and oxygen atoms in total. The van der Waals surface area contributed by atoms with E-state index >= 15 is 0 Å². The molecule has 0 aliphatic carbocycles. The third-order valence-electron chi connectivity index (χ3n) is 1.77. The number of carbonyl (C=O) groups excluding carboxylic acids is 1. The topological polar surface area (TPSA) is 120 Å². The van der Waals surface area contributed by atoms with E-state index in [2.05, 4.69) is 21.3 Å². The molecule has 0 atom stereocenters. The molecule has 0 unspecified atom stereocenters. The maximum atomic E-state index is 11.0. The summed E-state index contributed by atoms with van der Waals surface area (Å²) < 4.78 is 30.9. The van der Waals surface area contributed by atoms with Gasteiger partial charge in [-0.2, -0.15) is 8.42 Å². The highest BCUT2D eigenvalue weighted by Crippen LogP contribution is 2.23. The molecule has 1 rings (SSSR count). The first-order valence-electron chi connectivity index (χ1n) is 4.86. The Morgan fingerprint density at radius 1 is 1.39 bits per heavy atom. The van der Waals surface area contributed by atoms with Crippen molar-refractivity contribution >= 4 is 21.6 Å². The van der Waals surface area contributed by atoms with Crippen LogP contribution in [0.1, 0.15) is 6.92 Å². The summed E-state index contributed by atoms with van der Waals surface area (Å²) in [6.45, 7) is 1.44. The molecule has 0 aliphatic heterocycles. The second-order valence-electron chi connectivity index (χ2n) is 3.31. The van der Waals surface area contributed by atoms with Crippen molar-refractivity contribution in [3.8, 4) is 0 Å². The maximum Gasteiger partial charge on any atom is 0.296 e. The summed E-state index contributed by atoms with van der Waals surface area (Å²) in [5.41, 5.74) is 4.68. The minimum atomic E-state index is -4.35. The first kappa shape index (κ1) is 14.2. The number of hydrogen-bond acceptors (Lipinski definition) is 6. The van der Waals surface area contributed by atoms with Crippen molar-refractivity contribution in [3.63, 3.8) is 0 Å². The Balaban J connectivity index is 2.73. The van der Waals surface area contributed by atoms with E-state index in [0.717, 1.165) is 0 Å². The third kappa shape index (κ3) is 4.57. The zero-order valence-electron chi connectivity index (χ0n) is 9.49. The lowest BCUT2D eigenvalue weighted by Gasteiger charge is -2.01. The summed E-state index contributed by atoms with van der Waals surface area (Å²) in [6.07, 6.45) is 0. The molecule has 0 radical (unpaired) electrons. The molecule has 0 aliphatic rings. The monoisotopic (exact) mass is 272 g/mol. The number of hydrazine groups is 1. The van der Waals surface area contributed by atoms with Crippen LogP contribution >= 0.6 is 0 Å². The van der Waals surface area contributed by atoms with Gasteiger partial charge in [0.1, 0.15) is 16.4 Å². The summed E-state index contributed by atoms with van der Waals surface area (Å²) in [5, 5.41) is 6.99. The highest BCUT2D eigenvalue weighted by atomic mass is 32.2. The van der Waals surface area contributed by atoms with Crippen LogP contribution in [0.25, 0.3) is 0 Å². The normalized spacial score (nSPS) is 11.7. The molecule has 0 saturated carbocycles. The van der Waals surface area contributed by atoms with Gasteiger partial charge in [0.25, 0.3) is 10.1 Å². The van der Waals surface area contributed by atoms with Gasteiger partial charge in [-0.05, 0) is 19.1 Å². The van der Waals surface area contributed by atoms with E-state index in [0.29, 0.717) is 0 Å². The summed E-state index contributed by atoms with van der Waals surface area (Å²) in [6, 6.07) is 5.57. The van der Waals surface area contributed by atoms with E-state index in [1.807, 2.05) is 0 Å². The number of benzene rings is 1. The van der Waals surface area contributed by atoms with Gasteiger partial charge in [-0.3, -0.25) is 9.35 Å². The molecule has 0 aromatic heterocycles. The molecule has 0 bridgehead atoms. The molecule has 18 heavy (non-hydrogen) atoms. The average Bonchev–Trinajstić information content (AvgIpc) is 2.27. The zero-order chi connectivity index (χ0) is 13.6. The van der Waals surface area contributed by atoms with Crippen LogP contribution in [0.2, 0.25) is 0 Å². The van der Waals surface area contributed by atoms with Crippen molar-refractivity contribution in [2.45, 2.75) is 11.8 Å². The second-order valence-corrected chi connectivity index (χ2v) is 4.70. The minimum absolute atomic E-state index is 0.0166. The lowest BCUT2D eigenvalue weighted by atomic mass is 10.3. The molecular weight excluding hydrogens is 260 g/mol. The van der Waals surface area contributed by atoms with Gasteiger partial charge in [0.2, 0.25) is 0 Å². The van der Waals surface area contributed by atoms with Crippen LogP contribution in [0.3, 0.4) is 0 Å². The van der Waals surface area contributed by atoms with E-state index in [1.165, 1.54) is 25.1 Å². The Hall–Kier alpha value is -1.84. The fourth-order valence-electron chi connectivity index (χ4n) is 1.04. The molecule has 0 saturated heterocycles. The predicted octanol–water partition coefficient (Wildman–Crippen LogP) is 0.615. The Labute approximate surface area is 104 Å². The van der Waals surface area contributed by atoms with Crippen molar-refractivity contribution in [2.24, 2.45) is 10.3 Å². The van der Waals surface area contributed by atoms with Crippen LogP contribution in [0.15, 0.2) is 39.5 Å². The second kappa shape index (κ2) is 6.19. The molecule has 0 amide bonds. The van der Waals surface area contributed by atoms with Crippen LogP contribution in [0, 0.1) is 0 Å². The van der Waals surface area contributed by atoms with Crippen molar-refractivity contribution in [2.75, 3.05) is 6.54 Å². The number of rotatable bonds is 6. The van der Waals surface area contributed by atoms with Gasteiger partial charge in [-0.1, -0.05) is 17.4 Å². The average molecular weight is 272 g/mol. The van der Waals surface area contributed by atoms with E-state index in [9.17, 15) is 13.2 Å². The Kier molecular flexibility index (Phi) is 4.89. The standard InChI is InChI=1S/C9H12N4O4S/c1-7(14)6-10-12-13-11-8-4-2-3-5-9(8)18(15,16)17/h2-5H,6H2,1H3,(H,10,13)(H,11,12)(H,15,16,17).